The molecule has 88 valence electrons. The molecule has 0 fully saturated rings. The number of aromatic nitrogens is 1. The van der Waals surface area contributed by atoms with E-state index in [1.54, 1.807) is 55.0 Å². The normalized spacial score (nSPS) is 13.9. The minimum Gasteiger partial charge on any atom is -0.457 e. The summed E-state index contributed by atoms with van der Waals surface area (Å²) in [4.78, 5) is 4.63. The molecule has 3 nitrogen and oxygen atoms in total. The Bertz CT molecular complexity index is 589. The predicted octanol–water partition coefficient (Wildman–Crippen LogP) is 2.58. The predicted molar refractivity (Wildman–Crippen MR) is 70.2 cm³/mol. The maximum absolute atomic E-state index is 11.7. The van der Waals surface area contributed by atoms with E-state index in [0.29, 0.717) is 5.75 Å². The Morgan fingerprint density at radius 3 is 2.12 bits per heavy atom. The Kier molecular flexibility index (Phi) is 3.15. The molecule has 0 N–H and O–H groups in total. The van der Waals surface area contributed by atoms with Crippen molar-refractivity contribution in [3.05, 3.63) is 48.8 Å². The smallest absolute Gasteiger partial charge is 0.130 e. The van der Waals surface area contributed by atoms with Gasteiger partial charge in [0, 0.05) is 23.5 Å². The molecule has 0 spiro atoms. The summed E-state index contributed by atoms with van der Waals surface area (Å²) in [5, 5.41) is 0. The summed E-state index contributed by atoms with van der Waals surface area (Å²) in [7, 11) is -2.16. The molecule has 0 aliphatic heterocycles. The molecule has 1 aromatic carbocycles. The molecular weight excluding hydrogens is 234 g/mol. The fraction of sp³-hybridized carbons (Fsp3) is 0.0769. The van der Waals surface area contributed by atoms with Crippen LogP contribution < -0.4 is 4.74 Å². The van der Waals surface area contributed by atoms with Gasteiger partial charge in [0.2, 0.25) is 0 Å². The van der Waals surface area contributed by atoms with Crippen molar-refractivity contribution in [2.45, 2.75) is 4.90 Å². The van der Waals surface area contributed by atoms with Gasteiger partial charge in [0.15, 0.2) is 0 Å². The van der Waals surface area contributed by atoms with E-state index in [4.69, 9.17) is 4.74 Å². The van der Waals surface area contributed by atoms with Gasteiger partial charge in [-0.2, -0.15) is 0 Å². The van der Waals surface area contributed by atoms with Crippen molar-refractivity contribution in [2.75, 3.05) is 6.26 Å². The number of benzene rings is 1. The highest BCUT2D eigenvalue weighted by Gasteiger charge is 2.01. The number of hydrogen-bond acceptors (Lipinski definition) is 3. The molecule has 0 amide bonds. The highest BCUT2D eigenvalue weighted by Crippen LogP contribution is 2.21. The van der Waals surface area contributed by atoms with E-state index in [1.807, 2.05) is 0 Å². The fourth-order valence-electron chi connectivity index (χ4n) is 1.34. The van der Waals surface area contributed by atoms with Gasteiger partial charge < -0.3 is 4.74 Å². The topological polar surface area (TPSA) is 39.2 Å². The van der Waals surface area contributed by atoms with E-state index < -0.39 is 9.52 Å². The van der Waals surface area contributed by atoms with Crippen LogP contribution in [-0.2, 0) is 9.52 Å². The maximum atomic E-state index is 11.7. The van der Waals surface area contributed by atoms with Gasteiger partial charge in [0.05, 0.1) is 0 Å². The molecule has 1 atom stereocenters. The van der Waals surface area contributed by atoms with Crippen molar-refractivity contribution in [1.82, 2.24) is 4.98 Å². The van der Waals surface area contributed by atoms with Crippen LogP contribution >= 0.6 is 0 Å². The average molecular weight is 247 g/mol. The van der Waals surface area contributed by atoms with Gasteiger partial charge in [-0.3, -0.25) is 9.19 Å². The van der Waals surface area contributed by atoms with Gasteiger partial charge in [-0.1, -0.05) is 0 Å². The van der Waals surface area contributed by atoms with Crippen molar-refractivity contribution < 1.29 is 8.95 Å². The van der Waals surface area contributed by atoms with Crippen molar-refractivity contribution in [3.8, 4) is 11.5 Å². The highest BCUT2D eigenvalue weighted by atomic mass is 32.2. The first-order chi connectivity index (χ1) is 8.05. The molecule has 0 bridgehead atoms. The summed E-state index contributed by atoms with van der Waals surface area (Å²) in [5.41, 5.74) is 0. The second-order valence-electron chi connectivity index (χ2n) is 3.76. The van der Waals surface area contributed by atoms with Gasteiger partial charge in [0.25, 0.3) is 0 Å². The molecule has 1 unspecified atom stereocenters. The van der Waals surface area contributed by atoms with Crippen LogP contribution in [0.1, 0.15) is 0 Å². The molecule has 0 aliphatic rings. The molecule has 4 heteroatoms. The molecule has 0 saturated heterocycles. The third kappa shape index (κ3) is 3.07. The van der Waals surface area contributed by atoms with Crippen molar-refractivity contribution in [1.29, 1.82) is 0 Å². The van der Waals surface area contributed by atoms with Crippen molar-refractivity contribution >= 4 is 15.4 Å². The van der Waals surface area contributed by atoms with Crippen LogP contribution in [0.3, 0.4) is 0 Å². The Morgan fingerprint density at radius 2 is 1.59 bits per heavy atom. The maximum Gasteiger partial charge on any atom is 0.130 e. The van der Waals surface area contributed by atoms with E-state index in [2.05, 4.69) is 10.9 Å². The zero-order valence-corrected chi connectivity index (χ0v) is 10.3. The van der Waals surface area contributed by atoms with Crippen LogP contribution in [0.2, 0.25) is 0 Å². The molecule has 1 aromatic heterocycles. The third-order valence-corrected chi connectivity index (χ3v) is 3.48. The average Bonchev–Trinajstić information content (AvgIpc) is 2.30. The summed E-state index contributed by atoms with van der Waals surface area (Å²) < 4.78 is 17.3. The second kappa shape index (κ2) is 4.59. The van der Waals surface area contributed by atoms with E-state index in [9.17, 15) is 4.21 Å². The van der Waals surface area contributed by atoms with Gasteiger partial charge >= 0.3 is 0 Å². The number of ether oxygens (including phenoxy) is 1. The standard InChI is InChI=1S/C13H13NO2S/c1-17(2,15)13-5-3-11(4-6-13)16-12-7-9-14-10-8-12/h3-10H,1H2,2H3. The van der Waals surface area contributed by atoms with E-state index in [0.717, 1.165) is 10.6 Å². The first kappa shape index (κ1) is 11.7. The van der Waals surface area contributed by atoms with Gasteiger partial charge in [0.1, 0.15) is 11.5 Å². The Morgan fingerprint density at radius 1 is 1.06 bits per heavy atom. The second-order valence-corrected chi connectivity index (χ2v) is 6.24. The van der Waals surface area contributed by atoms with Crippen LogP contribution in [0.5, 0.6) is 11.5 Å². The van der Waals surface area contributed by atoms with E-state index >= 15 is 0 Å². The number of pyridine rings is 1. The monoisotopic (exact) mass is 247 g/mol. The molecule has 1 heterocycles. The zero-order valence-electron chi connectivity index (χ0n) is 9.50. The molecule has 17 heavy (non-hydrogen) atoms. The number of nitrogens with zero attached hydrogens (tertiary/aromatic N) is 1. The Balaban J connectivity index is 2.20. The minimum atomic E-state index is -2.16. The van der Waals surface area contributed by atoms with Crippen LogP contribution in [0.15, 0.2) is 53.7 Å². The van der Waals surface area contributed by atoms with Gasteiger partial charge in [-0.15, -0.1) is 0 Å². The molecule has 2 rings (SSSR count). The molecule has 0 aliphatic carbocycles. The minimum absolute atomic E-state index is 0.698. The lowest BCUT2D eigenvalue weighted by molar-refractivity contribution is 0.481. The lowest BCUT2D eigenvalue weighted by atomic mass is 10.3. The third-order valence-electron chi connectivity index (χ3n) is 2.21. The quantitative estimate of drug-likeness (QED) is 0.782. The SMILES string of the molecule is C=S(C)(=O)c1ccc(Oc2ccncc2)cc1. The van der Waals surface area contributed by atoms with Crippen LogP contribution in [-0.4, -0.2) is 21.3 Å². The molecule has 0 saturated carbocycles. The highest BCUT2D eigenvalue weighted by molar-refractivity contribution is 7.99. The fourth-order valence-corrected chi connectivity index (χ4v) is 2.05. The Hall–Kier alpha value is -1.81. The largest absolute Gasteiger partial charge is 0.457 e. The van der Waals surface area contributed by atoms with Crippen molar-refractivity contribution in [3.63, 3.8) is 0 Å². The van der Waals surface area contributed by atoms with E-state index in [1.165, 1.54) is 0 Å². The van der Waals surface area contributed by atoms with Crippen molar-refractivity contribution in [2.24, 2.45) is 0 Å². The Labute approximate surface area is 101 Å². The van der Waals surface area contributed by atoms with Gasteiger partial charge in [-0.25, -0.2) is 0 Å². The van der Waals surface area contributed by atoms with Gasteiger partial charge in [-0.05, 0) is 51.8 Å². The molecular formula is C13H13NO2S. The van der Waals surface area contributed by atoms with Crippen LogP contribution in [0, 0.1) is 0 Å². The first-order valence-electron chi connectivity index (χ1n) is 5.06. The lowest BCUT2D eigenvalue weighted by Crippen LogP contribution is -1.95. The van der Waals surface area contributed by atoms with E-state index in [-0.39, 0.29) is 0 Å². The summed E-state index contributed by atoms with van der Waals surface area (Å²) in [6, 6.07) is 10.7. The summed E-state index contributed by atoms with van der Waals surface area (Å²) in [6.45, 7) is 0. The number of hydrogen-bond donors (Lipinski definition) is 0. The van der Waals surface area contributed by atoms with Crippen LogP contribution in [0.25, 0.3) is 0 Å². The number of rotatable bonds is 3. The zero-order chi connectivity index (χ0) is 12.3. The lowest BCUT2D eigenvalue weighted by Gasteiger charge is -2.07. The summed E-state index contributed by atoms with van der Waals surface area (Å²) in [6.07, 6.45) is 4.95. The van der Waals surface area contributed by atoms with Crippen LogP contribution in [0.4, 0.5) is 0 Å². The molecule has 0 radical (unpaired) electrons. The summed E-state index contributed by atoms with van der Waals surface area (Å²) >= 11 is 0. The summed E-state index contributed by atoms with van der Waals surface area (Å²) in [5.74, 6) is 5.05. The first-order valence-corrected chi connectivity index (χ1v) is 7.19. The molecule has 2 aromatic rings.